The molecule has 15 heavy (non-hydrogen) atoms. The monoisotopic (exact) mass is 220 g/mol. The Bertz CT molecular complexity index is 522. The third-order valence-electron chi connectivity index (χ3n) is 2.68. The number of ketones is 1. The molecule has 1 N–H and O–H groups in total. The first kappa shape index (κ1) is 9.09. The van der Waals surface area contributed by atoms with Gasteiger partial charge in [0.2, 0.25) is 0 Å². The van der Waals surface area contributed by atoms with Gasteiger partial charge in [0.05, 0.1) is 9.71 Å². The van der Waals surface area contributed by atoms with Crippen molar-refractivity contribution in [2.45, 2.75) is 32.1 Å². The van der Waals surface area contributed by atoms with E-state index < -0.39 is 0 Å². The van der Waals surface area contributed by atoms with Gasteiger partial charge in [-0.2, -0.15) is 0 Å². The van der Waals surface area contributed by atoms with Crippen molar-refractivity contribution in [1.29, 1.82) is 0 Å². The number of fused-ring (bicyclic) bond motifs is 1. The number of aromatic amines is 1. The van der Waals surface area contributed by atoms with Gasteiger partial charge >= 0.3 is 0 Å². The van der Waals surface area contributed by atoms with E-state index in [2.05, 4.69) is 9.97 Å². The molecule has 3 nitrogen and oxygen atoms in total. The summed E-state index contributed by atoms with van der Waals surface area (Å²) in [7, 11) is 0. The largest absolute Gasteiger partial charge is 0.345 e. The van der Waals surface area contributed by atoms with E-state index in [1.54, 1.807) is 18.3 Å². The van der Waals surface area contributed by atoms with Crippen LogP contribution in [0.3, 0.4) is 0 Å². The zero-order valence-electron chi connectivity index (χ0n) is 8.54. The SMILES string of the molecule is CC(=O)Cc1c[nH]c2nc(C3CC3)sc12. The van der Waals surface area contributed by atoms with Gasteiger partial charge in [-0.1, -0.05) is 0 Å². The molecule has 0 amide bonds. The molecule has 0 saturated heterocycles. The highest BCUT2D eigenvalue weighted by Crippen LogP contribution is 2.43. The fourth-order valence-electron chi connectivity index (χ4n) is 1.78. The van der Waals surface area contributed by atoms with Gasteiger partial charge in [-0.25, -0.2) is 4.98 Å². The number of H-pyrrole nitrogens is 1. The lowest BCUT2D eigenvalue weighted by atomic mass is 10.2. The van der Waals surface area contributed by atoms with Crippen LogP contribution in [0.15, 0.2) is 6.20 Å². The van der Waals surface area contributed by atoms with Gasteiger partial charge in [0, 0.05) is 18.5 Å². The molecule has 0 radical (unpaired) electrons. The third kappa shape index (κ3) is 1.59. The van der Waals surface area contributed by atoms with Gasteiger partial charge in [0.1, 0.15) is 11.4 Å². The molecule has 0 spiro atoms. The van der Waals surface area contributed by atoms with Crippen molar-refractivity contribution in [2.24, 2.45) is 0 Å². The van der Waals surface area contributed by atoms with E-state index in [1.807, 2.05) is 6.20 Å². The first-order valence-corrected chi connectivity index (χ1v) is 6.02. The normalized spacial score (nSPS) is 16.1. The van der Waals surface area contributed by atoms with E-state index >= 15 is 0 Å². The smallest absolute Gasteiger partial charge is 0.149 e. The average molecular weight is 220 g/mol. The Morgan fingerprint density at radius 1 is 1.67 bits per heavy atom. The molecule has 1 aliphatic rings. The van der Waals surface area contributed by atoms with Crippen molar-refractivity contribution < 1.29 is 4.79 Å². The highest BCUT2D eigenvalue weighted by Gasteiger charge is 2.27. The molecule has 0 atom stereocenters. The molecule has 0 aromatic carbocycles. The number of Topliss-reactive ketones (excluding diaryl/α,β-unsaturated/α-hetero) is 1. The summed E-state index contributed by atoms with van der Waals surface area (Å²) < 4.78 is 1.17. The Hall–Kier alpha value is -1.16. The first-order chi connectivity index (χ1) is 7.24. The number of carbonyl (C=O) groups is 1. The van der Waals surface area contributed by atoms with Crippen LogP contribution in [0.5, 0.6) is 0 Å². The molecule has 1 fully saturated rings. The number of carbonyl (C=O) groups excluding carboxylic acids is 1. The summed E-state index contributed by atoms with van der Waals surface area (Å²) in [5.74, 6) is 0.901. The second kappa shape index (κ2) is 3.17. The molecule has 0 aliphatic heterocycles. The zero-order valence-corrected chi connectivity index (χ0v) is 9.36. The molecule has 2 aromatic heterocycles. The van der Waals surface area contributed by atoms with E-state index in [1.165, 1.54) is 22.5 Å². The molecular formula is C11H12N2OS. The van der Waals surface area contributed by atoms with Crippen LogP contribution in [0, 0.1) is 0 Å². The lowest BCUT2D eigenvalue weighted by Gasteiger charge is -1.90. The maximum absolute atomic E-state index is 11.1. The Kier molecular flexibility index (Phi) is 1.92. The van der Waals surface area contributed by atoms with E-state index in [-0.39, 0.29) is 5.78 Å². The molecule has 2 aromatic rings. The lowest BCUT2D eigenvalue weighted by molar-refractivity contribution is -0.116. The van der Waals surface area contributed by atoms with Crippen LogP contribution in [0.25, 0.3) is 10.3 Å². The highest BCUT2D eigenvalue weighted by atomic mass is 32.1. The standard InChI is InChI=1S/C11H12N2OS/c1-6(14)4-8-5-12-10-9(8)15-11(13-10)7-2-3-7/h5,7,12H,2-4H2,1H3. The molecule has 4 heteroatoms. The quantitative estimate of drug-likeness (QED) is 0.864. The summed E-state index contributed by atoms with van der Waals surface area (Å²) >= 11 is 1.75. The summed E-state index contributed by atoms with van der Waals surface area (Å²) in [5.41, 5.74) is 2.06. The number of nitrogens with zero attached hydrogens (tertiary/aromatic N) is 1. The second-order valence-electron chi connectivity index (χ2n) is 4.20. The average Bonchev–Trinajstić information content (AvgIpc) is 2.84. The van der Waals surface area contributed by atoms with Crippen LogP contribution in [0.1, 0.15) is 36.3 Å². The molecular weight excluding hydrogens is 208 g/mol. The molecule has 1 saturated carbocycles. The second-order valence-corrected chi connectivity index (χ2v) is 5.23. The van der Waals surface area contributed by atoms with Crippen molar-refractivity contribution in [1.82, 2.24) is 9.97 Å². The van der Waals surface area contributed by atoms with Crippen LogP contribution in [-0.2, 0) is 11.2 Å². The van der Waals surface area contributed by atoms with E-state index in [0.717, 1.165) is 11.2 Å². The van der Waals surface area contributed by atoms with Crippen molar-refractivity contribution in [3.63, 3.8) is 0 Å². The Morgan fingerprint density at radius 2 is 2.47 bits per heavy atom. The van der Waals surface area contributed by atoms with Crippen LogP contribution in [-0.4, -0.2) is 15.8 Å². The Morgan fingerprint density at radius 3 is 3.13 bits per heavy atom. The van der Waals surface area contributed by atoms with Gasteiger partial charge in [0.25, 0.3) is 0 Å². The molecule has 0 bridgehead atoms. The molecule has 0 unspecified atom stereocenters. The number of thiazole rings is 1. The molecule has 2 heterocycles. The third-order valence-corrected chi connectivity index (χ3v) is 3.98. The number of rotatable bonds is 3. The predicted molar refractivity (Wildman–Crippen MR) is 60.3 cm³/mol. The maximum atomic E-state index is 11.1. The van der Waals surface area contributed by atoms with Crippen LogP contribution in [0.4, 0.5) is 0 Å². The summed E-state index contributed by atoms with van der Waals surface area (Å²) in [6, 6.07) is 0. The fraction of sp³-hybridized carbons (Fsp3) is 0.455. The number of hydrogen-bond donors (Lipinski definition) is 1. The van der Waals surface area contributed by atoms with Crippen molar-refractivity contribution in [3.05, 3.63) is 16.8 Å². The molecule has 78 valence electrons. The topological polar surface area (TPSA) is 45.8 Å². The number of hydrogen-bond acceptors (Lipinski definition) is 3. The molecule has 3 rings (SSSR count). The Labute approximate surface area is 91.5 Å². The van der Waals surface area contributed by atoms with Gasteiger partial charge in [-0.3, -0.25) is 4.79 Å². The van der Waals surface area contributed by atoms with Crippen LogP contribution < -0.4 is 0 Å². The van der Waals surface area contributed by atoms with E-state index in [0.29, 0.717) is 12.3 Å². The number of nitrogens with one attached hydrogen (secondary N) is 1. The fourth-order valence-corrected chi connectivity index (χ4v) is 2.99. The lowest BCUT2D eigenvalue weighted by Crippen LogP contribution is -1.93. The highest BCUT2D eigenvalue weighted by molar-refractivity contribution is 7.18. The van der Waals surface area contributed by atoms with Gasteiger partial charge < -0.3 is 4.98 Å². The summed E-state index contributed by atoms with van der Waals surface area (Å²) in [6.45, 7) is 1.63. The van der Waals surface area contributed by atoms with Gasteiger partial charge in [-0.15, -0.1) is 11.3 Å². The van der Waals surface area contributed by atoms with Crippen LogP contribution in [0.2, 0.25) is 0 Å². The predicted octanol–water partition coefficient (Wildman–Crippen LogP) is 2.63. The Balaban J connectivity index is 2.03. The summed E-state index contributed by atoms with van der Waals surface area (Å²) in [4.78, 5) is 18.8. The molecule has 1 aliphatic carbocycles. The minimum Gasteiger partial charge on any atom is -0.345 e. The van der Waals surface area contributed by atoms with Crippen molar-refractivity contribution in [3.8, 4) is 0 Å². The van der Waals surface area contributed by atoms with E-state index in [9.17, 15) is 4.79 Å². The van der Waals surface area contributed by atoms with Crippen molar-refractivity contribution >= 4 is 27.5 Å². The van der Waals surface area contributed by atoms with Crippen molar-refractivity contribution in [2.75, 3.05) is 0 Å². The minimum atomic E-state index is 0.206. The number of aromatic nitrogens is 2. The minimum absolute atomic E-state index is 0.206. The van der Waals surface area contributed by atoms with E-state index in [4.69, 9.17) is 0 Å². The summed E-state index contributed by atoms with van der Waals surface area (Å²) in [5, 5.41) is 1.24. The van der Waals surface area contributed by atoms with Gasteiger partial charge in [-0.05, 0) is 25.3 Å². The van der Waals surface area contributed by atoms with Crippen LogP contribution >= 0.6 is 11.3 Å². The first-order valence-electron chi connectivity index (χ1n) is 5.20. The summed E-state index contributed by atoms with van der Waals surface area (Å²) in [6.07, 6.45) is 4.98. The van der Waals surface area contributed by atoms with Gasteiger partial charge in [0.15, 0.2) is 0 Å². The zero-order chi connectivity index (χ0) is 10.4. The maximum Gasteiger partial charge on any atom is 0.149 e.